The van der Waals surface area contributed by atoms with Crippen LogP contribution in [-0.4, -0.2) is 58.0 Å². The molecule has 1 fully saturated rings. The summed E-state index contributed by atoms with van der Waals surface area (Å²) in [6, 6.07) is 1.44. The molecule has 0 spiro atoms. The summed E-state index contributed by atoms with van der Waals surface area (Å²) in [5.41, 5.74) is 0.618. The number of aromatic carboxylic acids is 1. The van der Waals surface area contributed by atoms with Crippen LogP contribution < -0.4 is 4.90 Å². The van der Waals surface area contributed by atoms with Crippen molar-refractivity contribution in [3.63, 3.8) is 0 Å². The van der Waals surface area contributed by atoms with Crippen LogP contribution in [0.3, 0.4) is 0 Å². The lowest BCUT2D eigenvalue weighted by Gasteiger charge is -2.34. The molecule has 0 bridgehead atoms. The highest BCUT2D eigenvalue weighted by Gasteiger charge is 2.21. The molecule has 0 atom stereocenters. The number of aromatic nitrogens is 2. The SMILES string of the molecule is CC(=O)N1CCN(c2nc(C)cc(C(=O)O)n2)CC1. The van der Waals surface area contributed by atoms with Gasteiger partial charge in [0.05, 0.1) is 0 Å². The van der Waals surface area contributed by atoms with Crippen molar-refractivity contribution in [3.05, 3.63) is 17.5 Å². The Bertz CT molecular complexity index is 510. The molecule has 1 aromatic rings. The second-order valence-corrected chi connectivity index (χ2v) is 4.49. The van der Waals surface area contributed by atoms with Gasteiger partial charge >= 0.3 is 5.97 Å². The fourth-order valence-electron chi connectivity index (χ4n) is 2.03. The highest BCUT2D eigenvalue weighted by atomic mass is 16.4. The van der Waals surface area contributed by atoms with Crippen LogP contribution >= 0.6 is 0 Å². The lowest BCUT2D eigenvalue weighted by atomic mass is 10.3. The number of aryl methyl sites for hydroxylation is 1. The molecule has 1 amide bonds. The number of anilines is 1. The molecule has 0 saturated carbocycles. The van der Waals surface area contributed by atoms with Crippen LogP contribution in [0.1, 0.15) is 23.1 Å². The Balaban J connectivity index is 2.15. The maximum atomic E-state index is 11.2. The van der Waals surface area contributed by atoms with E-state index in [0.29, 0.717) is 37.8 Å². The standard InChI is InChI=1S/C12H16N4O3/c1-8-7-10(11(18)19)14-12(13-8)16-5-3-15(4-6-16)9(2)17/h7H,3-6H2,1-2H3,(H,18,19). The molecule has 1 saturated heterocycles. The van der Waals surface area contributed by atoms with Crippen molar-refractivity contribution < 1.29 is 14.7 Å². The fraction of sp³-hybridized carbons (Fsp3) is 0.500. The number of hydrogen-bond acceptors (Lipinski definition) is 5. The van der Waals surface area contributed by atoms with Gasteiger partial charge in [0.15, 0.2) is 5.69 Å². The third kappa shape index (κ3) is 2.98. The Kier molecular flexibility index (Phi) is 3.64. The number of carbonyl (C=O) groups excluding carboxylic acids is 1. The van der Waals surface area contributed by atoms with Gasteiger partial charge in [-0.05, 0) is 13.0 Å². The van der Waals surface area contributed by atoms with E-state index in [0.717, 1.165) is 0 Å². The molecular formula is C12H16N4O3. The third-order valence-corrected chi connectivity index (χ3v) is 3.07. The van der Waals surface area contributed by atoms with Crippen LogP contribution in [0.4, 0.5) is 5.95 Å². The zero-order valence-electron chi connectivity index (χ0n) is 11.0. The van der Waals surface area contributed by atoms with Crippen molar-refractivity contribution in [1.82, 2.24) is 14.9 Å². The predicted molar refractivity (Wildman–Crippen MR) is 68.2 cm³/mol. The quantitative estimate of drug-likeness (QED) is 0.818. The normalized spacial score (nSPS) is 15.5. The second kappa shape index (κ2) is 5.21. The summed E-state index contributed by atoms with van der Waals surface area (Å²) in [6.45, 7) is 5.72. The van der Waals surface area contributed by atoms with Gasteiger partial charge in [0, 0.05) is 38.8 Å². The van der Waals surface area contributed by atoms with E-state index < -0.39 is 5.97 Å². The van der Waals surface area contributed by atoms with E-state index in [1.54, 1.807) is 18.7 Å². The van der Waals surface area contributed by atoms with Gasteiger partial charge in [0.1, 0.15) is 0 Å². The summed E-state index contributed by atoms with van der Waals surface area (Å²) in [6.07, 6.45) is 0. The largest absolute Gasteiger partial charge is 0.477 e. The summed E-state index contributed by atoms with van der Waals surface area (Å²) >= 11 is 0. The molecule has 2 rings (SSSR count). The number of rotatable bonds is 2. The molecule has 102 valence electrons. The minimum atomic E-state index is -1.06. The van der Waals surface area contributed by atoms with E-state index in [9.17, 15) is 9.59 Å². The van der Waals surface area contributed by atoms with Gasteiger partial charge in [0.25, 0.3) is 0 Å². The van der Waals surface area contributed by atoms with Crippen molar-refractivity contribution in [2.24, 2.45) is 0 Å². The molecule has 7 nitrogen and oxygen atoms in total. The molecular weight excluding hydrogens is 248 g/mol. The van der Waals surface area contributed by atoms with Gasteiger partial charge in [-0.3, -0.25) is 4.79 Å². The Morgan fingerprint density at radius 1 is 1.21 bits per heavy atom. The van der Waals surface area contributed by atoms with E-state index in [4.69, 9.17) is 5.11 Å². The lowest BCUT2D eigenvalue weighted by molar-refractivity contribution is -0.129. The minimum absolute atomic E-state index is 0.00324. The molecule has 1 N–H and O–H groups in total. The molecule has 0 aliphatic carbocycles. The first kappa shape index (κ1) is 13.3. The first-order valence-electron chi connectivity index (χ1n) is 6.07. The van der Waals surface area contributed by atoms with Crippen molar-refractivity contribution in [3.8, 4) is 0 Å². The van der Waals surface area contributed by atoms with Gasteiger partial charge in [-0.2, -0.15) is 0 Å². The molecule has 7 heteroatoms. The van der Waals surface area contributed by atoms with E-state index in [1.807, 2.05) is 4.90 Å². The van der Waals surface area contributed by atoms with E-state index in [-0.39, 0.29) is 11.6 Å². The Hall–Kier alpha value is -2.18. The first-order chi connectivity index (χ1) is 8.97. The van der Waals surface area contributed by atoms with Crippen LogP contribution in [0, 0.1) is 6.92 Å². The average molecular weight is 264 g/mol. The summed E-state index contributed by atoms with van der Waals surface area (Å²) in [5, 5.41) is 8.99. The molecule has 2 heterocycles. The highest BCUT2D eigenvalue weighted by molar-refractivity contribution is 5.85. The number of carboxylic acids is 1. The Morgan fingerprint density at radius 3 is 2.37 bits per heavy atom. The number of carboxylic acid groups (broad SMARTS) is 1. The maximum absolute atomic E-state index is 11.2. The highest BCUT2D eigenvalue weighted by Crippen LogP contribution is 2.13. The molecule has 0 aromatic carbocycles. The Labute approximate surface area is 110 Å². The van der Waals surface area contributed by atoms with Crippen LogP contribution in [0.25, 0.3) is 0 Å². The number of piperazine rings is 1. The van der Waals surface area contributed by atoms with Crippen LogP contribution in [-0.2, 0) is 4.79 Å². The monoisotopic (exact) mass is 264 g/mol. The van der Waals surface area contributed by atoms with Crippen LogP contribution in [0.2, 0.25) is 0 Å². The third-order valence-electron chi connectivity index (χ3n) is 3.07. The minimum Gasteiger partial charge on any atom is -0.477 e. The first-order valence-corrected chi connectivity index (χ1v) is 6.07. The van der Waals surface area contributed by atoms with Gasteiger partial charge < -0.3 is 14.9 Å². The molecule has 19 heavy (non-hydrogen) atoms. The van der Waals surface area contributed by atoms with Crippen molar-refractivity contribution in [2.45, 2.75) is 13.8 Å². The molecule has 0 unspecified atom stereocenters. The number of amides is 1. The van der Waals surface area contributed by atoms with Gasteiger partial charge in [-0.25, -0.2) is 14.8 Å². The average Bonchev–Trinajstić information content (AvgIpc) is 2.38. The molecule has 1 aliphatic rings. The maximum Gasteiger partial charge on any atom is 0.354 e. The van der Waals surface area contributed by atoms with Crippen LogP contribution in [0.5, 0.6) is 0 Å². The zero-order valence-corrected chi connectivity index (χ0v) is 11.0. The molecule has 1 aromatic heterocycles. The van der Waals surface area contributed by atoms with Crippen molar-refractivity contribution >= 4 is 17.8 Å². The zero-order chi connectivity index (χ0) is 14.0. The van der Waals surface area contributed by atoms with Gasteiger partial charge in [0.2, 0.25) is 11.9 Å². The van der Waals surface area contributed by atoms with E-state index in [2.05, 4.69) is 9.97 Å². The number of hydrogen-bond donors (Lipinski definition) is 1. The summed E-state index contributed by atoms with van der Waals surface area (Å²) < 4.78 is 0. The fourth-order valence-corrected chi connectivity index (χ4v) is 2.03. The van der Waals surface area contributed by atoms with Gasteiger partial charge in [-0.15, -0.1) is 0 Å². The van der Waals surface area contributed by atoms with Crippen molar-refractivity contribution in [1.29, 1.82) is 0 Å². The van der Waals surface area contributed by atoms with Crippen LogP contribution in [0.15, 0.2) is 6.07 Å². The number of nitrogens with zero attached hydrogens (tertiary/aromatic N) is 4. The van der Waals surface area contributed by atoms with Crippen molar-refractivity contribution in [2.75, 3.05) is 31.1 Å². The van der Waals surface area contributed by atoms with Gasteiger partial charge in [-0.1, -0.05) is 0 Å². The predicted octanol–water partition coefficient (Wildman–Crippen LogP) is 0.152. The molecule has 0 radical (unpaired) electrons. The topological polar surface area (TPSA) is 86.6 Å². The lowest BCUT2D eigenvalue weighted by Crippen LogP contribution is -2.48. The van der Waals surface area contributed by atoms with E-state index in [1.165, 1.54) is 6.07 Å². The second-order valence-electron chi connectivity index (χ2n) is 4.49. The summed E-state index contributed by atoms with van der Waals surface area (Å²) in [7, 11) is 0. The Morgan fingerprint density at radius 2 is 1.84 bits per heavy atom. The number of carbonyl (C=O) groups is 2. The smallest absolute Gasteiger partial charge is 0.354 e. The summed E-state index contributed by atoms with van der Waals surface area (Å²) in [4.78, 5) is 34.2. The molecule has 1 aliphatic heterocycles. The van der Waals surface area contributed by atoms with E-state index >= 15 is 0 Å². The summed E-state index contributed by atoms with van der Waals surface area (Å²) in [5.74, 6) is -0.592.